The van der Waals surface area contributed by atoms with Crippen LogP contribution in [0.2, 0.25) is 0 Å². The molecule has 3 aromatic rings. The number of hydrogen-bond acceptors (Lipinski definition) is 6. The summed E-state index contributed by atoms with van der Waals surface area (Å²) in [6.45, 7) is 3.80. The first kappa shape index (κ1) is 21.3. The maximum atomic E-state index is 12.6. The maximum absolute atomic E-state index is 12.6. The number of aromatic nitrogens is 2. The Kier molecular flexibility index (Phi) is 6.63. The highest BCUT2D eigenvalue weighted by Crippen LogP contribution is 2.19. The van der Waals surface area contributed by atoms with Crippen LogP contribution in [-0.4, -0.2) is 30.4 Å². The van der Waals surface area contributed by atoms with Crippen LogP contribution in [0, 0.1) is 6.92 Å². The molecule has 156 valence electrons. The van der Waals surface area contributed by atoms with E-state index in [0.717, 1.165) is 5.56 Å². The fourth-order valence-corrected chi connectivity index (χ4v) is 3.60. The summed E-state index contributed by atoms with van der Waals surface area (Å²) in [6.07, 6.45) is 2.68. The van der Waals surface area contributed by atoms with Gasteiger partial charge in [0.05, 0.1) is 4.90 Å². The summed E-state index contributed by atoms with van der Waals surface area (Å²) in [5, 5.41) is 2.75. The van der Waals surface area contributed by atoms with Crippen LogP contribution in [-0.2, 0) is 14.8 Å². The minimum atomic E-state index is -3.84. The van der Waals surface area contributed by atoms with E-state index in [1.54, 1.807) is 12.1 Å². The molecular formula is C21H22N4O4S. The number of benzene rings is 2. The molecule has 0 radical (unpaired) electrons. The fraction of sp³-hybridized carbons (Fsp3) is 0.190. The lowest BCUT2D eigenvalue weighted by molar-refractivity contribution is -0.122. The normalized spacial score (nSPS) is 12.1. The average Bonchev–Trinajstić information content (AvgIpc) is 2.73. The minimum absolute atomic E-state index is 0.0195. The van der Waals surface area contributed by atoms with Crippen LogP contribution in [0.25, 0.3) is 0 Å². The third kappa shape index (κ3) is 5.54. The van der Waals surface area contributed by atoms with Gasteiger partial charge in [-0.3, -0.25) is 4.79 Å². The molecule has 0 saturated heterocycles. The summed E-state index contributed by atoms with van der Waals surface area (Å²) in [5.41, 5.74) is 1.50. The van der Waals surface area contributed by atoms with Crippen molar-refractivity contribution in [1.29, 1.82) is 0 Å². The largest absolute Gasteiger partial charge is 0.481 e. The number of carbonyl (C=O) groups is 1. The van der Waals surface area contributed by atoms with Crippen molar-refractivity contribution in [2.45, 2.75) is 31.3 Å². The molecule has 8 nitrogen and oxygen atoms in total. The molecule has 1 amide bonds. The summed E-state index contributed by atoms with van der Waals surface area (Å²) in [4.78, 5) is 20.3. The SMILES string of the molecule is CCC(Oc1cccc(C)c1)C(=O)Nc1ccc(S(=O)(=O)Nc2ncccn2)cc1. The highest BCUT2D eigenvalue weighted by molar-refractivity contribution is 7.92. The molecule has 1 atom stereocenters. The van der Waals surface area contributed by atoms with Gasteiger partial charge >= 0.3 is 0 Å². The molecule has 3 rings (SSSR count). The quantitative estimate of drug-likeness (QED) is 0.571. The molecule has 0 aliphatic rings. The number of nitrogens with zero attached hydrogens (tertiary/aromatic N) is 2. The van der Waals surface area contributed by atoms with Gasteiger partial charge in [0.25, 0.3) is 15.9 Å². The first-order valence-electron chi connectivity index (χ1n) is 9.31. The van der Waals surface area contributed by atoms with E-state index in [1.807, 2.05) is 32.0 Å². The topological polar surface area (TPSA) is 110 Å². The molecule has 1 heterocycles. The Bertz CT molecular complexity index is 1100. The number of rotatable bonds is 8. The summed E-state index contributed by atoms with van der Waals surface area (Å²) in [6, 6.07) is 14.9. The monoisotopic (exact) mass is 426 g/mol. The van der Waals surface area contributed by atoms with Crippen LogP contribution < -0.4 is 14.8 Å². The van der Waals surface area contributed by atoms with Gasteiger partial charge in [0, 0.05) is 18.1 Å². The van der Waals surface area contributed by atoms with Crippen LogP contribution in [0.5, 0.6) is 5.75 Å². The molecule has 2 aromatic carbocycles. The number of sulfonamides is 1. The standard InChI is InChI=1S/C21H22N4O4S/c1-3-19(29-17-7-4-6-15(2)14-17)20(26)24-16-8-10-18(11-9-16)30(27,28)25-21-22-12-5-13-23-21/h4-14,19H,3H2,1-2H3,(H,24,26)(H,22,23,25). The van der Waals surface area contributed by atoms with Crippen LogP contribution in [0.4, 0.5) is 11.6 Å². The first-order chi connectivity index (χ1) is 14.4. The van der Waals surface area contributed by atoms with Crippen molar-refractivity contribution in [2.24, 2.45) is 0 Å². The number of aryl methyl sites for hydroxylation is 1. The van der Waals surface area contributed by atoms with E-state index in [4.69, 9.17) is 4.74 Å². The molecule has 30 heavy (non-hydrogen) atoms. The second-order valence-corrected chi connectivity index (χ2v) is 8.21. The molecule has 0 aliphatic heterocycles. The Morgan fingerprint density at radius 1 is 1.07 bits per heavy atom. The van der Waals surface area contributed by atoms with Crippen LogP contribution in [0.3, 0.4) is 0 Å². The van der Waals surface area contributed by atoms with Crippen LogP contribution >= 0.6 is 0 Å². The minimum Gasteiger partial charge on any atom is -0.481 e. The van der Waals surface area contributed by atoms with Gasteiger partial charge in [-0.05, 0) is 61.4 Å². The number of ether oxygens (including phenoxy) is 1. The Labute approximate surface area is 175 Å². The lowest BCUT2D eigenvalue weighted by Crippen LogP contribution is -2.32. The molecule has 2 N–H and O–H groups in total. The number of hydrogen-bond donors (Lipinski definition) is 2. The molecule has 1 aromatic heterocycles. The Hall–Kier alpha value is -3.46. The van der Waals surface area contributed by atoms with Gasteiger partial charge in [0.1, 0.15) is 5.75 Å². The average molecular weight is 426 g/mol. The van der Waals surface area contributed by atoms with Gasteiger partial charge in [-0.25, -0.2) is 23.1 Å². The van der Waals surface area contributed by atoms with Crippen LogP contribution in [0.1, 0.15) is 18.9 Å². The summed E-state index contributed by atoms with van der Waals surface area (Å²) in [5.74, 6) is 0.284. The van der Waals surface area contributed by atoms with E-state index < -0.39 is 16.1 Å². The molecule has 0 bridgehead atoms. The van der Waals surface area contributed by atoms with Crippen molar-refractivity contribution in [3.05, 3.63) is 72.6 Å². The van der Waals surface area contributed by atoms with Crippen molar-refractivity contribution in [3.8, 4) is 5.75 Å². The highest BCUT2D eigenvalue weighted by Gasteiger charge is 2.20. The van der Waals surface area contributed by atoms with Gasteiger partial charge in [0.15, 0.2) is 6.10 Å². The van der Waals surface area contributed by atoms with E-state index in [9.17, 15) is 13.2 Å². The number of nitrogens with one attached hydrogen (secondary N) is 2. The van der Waals surface area contributed by atoms with Crippen molar-refractivity contribution >= 4 is 27.6 Å². The number of amides is 1. The van der Waals surface area contributed by atoms with E-state index in [0.29, 0.717) is 17.9 Å². The van der Waals surface area contributed by atoms with Crippen molar-refractivity contribution in [1.82, 2.24) is 9.97 Å². The summed E-state index contributed by atoms with van der Waals surface area (Å²) in [7, 11) is -3.84. The molecule has 0 aliphatic carbocycles. The molecule has 9 heteroatoms. The Balaban J connectivity index is 1.66. The second kappa shape index (κ2) is 9.36. The van der Waals surface area contributed by atoms with E-state index >= 15 is 0 Å². The molecular weight excluding hydrogens is 404 g/mol. The zero-order valence-electron chi connectivity index (χ0n) is 16.6. The zero-order chi connectivity index (χ0) is 21.6. The smallest absolute Gasteiger partial charge is 0.265 e. The fourth-order valence-electron chi connectivity index (χ4n) is 2.65. The predicted octanol–water partition coefficient (Wildman–Crippen LogP) is 3.38. The first-order valence-corrected chi connectivity index (χ1v) is 10.8. The van der Waals surface area contributed by atoms with Gasteiger partial charge in [-0.2, -0.15) is 0 Å². The van der Waals surface area contributed by atoms with Crippen molar-refractivity contribution < 1.29 is 17.9 Å². The van der Waals surface area contributed by atoms with E-state index in [-0.39, 0.29) is 16.8 Å². The van der Waals surface area contributed by atoms with Gasteiger partial charge in [-0.15, -0.1) is 0 Å². The van der Waals surface area contributed by atoms with Crippen molar-refractivity contribution in [3.63, 3.8) is 0 Å². The van der Waals surface area contributed by atoms with E-state index in [1.165, 1.54) is 36.7 Å². The Morgan fingerprint density at radius 3 is 2.40 bits per heavy atom. The summed E-state index contributed by atoms with van der Waals surface area (Å²) < 4.78 is 32.9. The third-order valence-electron chi connectivity index (χ3n) is 4.15. The molecule has 1 unspecified atom stereocenters. The number of carbonyl (C=O) groups excluding carboxylic acids is 1. The zero-order valence-corrected chi connectivity index (χ0v) is 17.4. The lowest BCUT2D eigenvalue weighted by atomic mass is 10.2. The molecule has 0 spiro atoms. The number of anilines is 2. The molecule has 0 saturated carbocycles. The van der Waals surface area contributed by atoms with Crippen LogP contribution in [0.15, 0.2) is 71.9 Å². The second-order valence-electron chi connectivity index (χ2n) is 6.52. The van der Waals surface area contributed by atoms with Gasteiger partial charge < -0.3 is 10.1 Å². The summed E-state index contributed by atoms with van der Waals surface area (Å²) >= 11 is 0. The molecule has 0 fully saturated rings. The Morgan fingerprint density at radius 2 is 1.77 bits per heavy atom. The predicted molar refractivity (Wildman–Crippen MR) is 114 cm³/mol. The maximum Gasteiger partial charge on any atom is 0.265 e. The lowest BCUT2D eigenvalue weighted by Gasteiger charge is -2.17. The van der Waals surface area contributed by atoms with Gasteiger partial charge in [-0.1, -0.05) is 19.1 Å². The highest BCUT2D eigenvalue weighted by atomic mass is 32.2. The van der Waals surface area contributed by atoms with E-state index in [2.05, 4.69) is 20.0 Å². The van der Waals surface area contributed by atoms with Gasteiger partial charge in [0.2, 0.25) is 5.95 Å². The van der Waals surface area contributed by atoms with Crippen molar-refractivity contribution in [2.75, 3.05) is 10.0 Å². The third-order valence-corrected chi connectivity index (χ3v) is 5.50.